The van der Waals surface area contributed by atoms with Gasteiger partial charge in [-0.05, 0) is 13.8 Å². The highest BCUT2D eigenvalue weighted by Gasteiger charge is 1.82. The van der Waals surface area contributed by atoms with Crippen molar-refractivity contribution in [3.8, 4) is 0 Å². The lowest BCUT2D eigenvalue weighted by atomic mass is 10.5. The number of nitrogens with zero attached hydrogens (tertiary/aromatic N) is 2. The van der Waals surface area contributed by atoms with E-state index in [2.05, 4.69) is 9.97 Å². The van der Waals surface area contributed by atoms with E-state index in [4.69, 9.17) is 0 Å². The van der Waals surface area contributed by atoms with Crippen LogP contribution in [0.2, 0.25) is 0 Å². The SMILES string of the molecule is CC.CC.CC.Cc1cnc(C)cn1. The van der Waals surface area contributed by atoms with E-state index in [1.807, 2.05) is 55.4 Å². The van der Waals surface area contributed by atoms with Gasteiger partial charge in [-0.15, -0.1) is 0 Å². The van der Waals surface area contributed by atoms with Gasteiger partial charge >= 0.3 is 0 Å². The van der Waals surface area contributed by atoms with Crippen LogP contribution in [0.5, 0.6) is 0 Å². The third-order valence-corrected chi connectivity index (χ3v) is 0.910. The number of aromatic nitrogens is 2. The standard InChI is InChI=1S/C6H8N2.3C2H6/c1-5-3-8-6(2)4-7-5;3*1-2/h3-4H,1-2H3;3*1-2H3. The molecule has 0 fully saturated rings. The molecule has 0 spiro atoms. The minimum Gasteiger partial charge on any atom is -0.258 e. The summed E-state index contributed by atoms with van der Waals surface area (Å²) >= 11 is 0. The number of aryl methyl sites for hydroxylation is 2. The van der Waals surface area contributed by atoms with Crippen molar-refractivity contribution in [3.05, 3.63) is 23.8 Å². The molecular formula is C12H26N2. The Kier molecular flexibility index (Phi) is 24.1. The molecule has 0 bridgehead atoms. The molecule has 0 N–H and O–H groups in total. The molecule has 14 heavy (non-hydrogen) atoms. The van der Waals surface area contributed by atoms with Gasteiger partial charge in [0.25, 0.3) is 0 Å². The third-order valence-electron chi connectivity index (χ3n) is 0.910. The van der Waals surface area contributed by atoms with Gasteiger partial charge in [0, 0.05) is 12.4 Å². The molecule has 1 heterocycles. The van der Waals surface area contributed by atoms with Gasteiger partial charge in [-0.2, -0.15) is 0 Å². The average molecular weight is 198 g/mol. The predicted molar refractivity (Wildman–Crippen MR) is 65.6 cm³/mol. The molecule has 0 atom stereocenters. The van der Waals surface area contributed by atoms with Crippen molar-refractivity contribution in [2.45, 2.75) is 55.4 Å². The summed E-state index contributed by atoms with van der Waals surface area (Å²) < 4.78 is 0. The summed E-state index contributed by atoms with van der Waals surface area (Å²) in [5, 5.41) is 0. The van der Waals surface area contributed by atoms with E-state index in [1.165, 1.54) is 0 Å². The first-order chi connectivity index (χ1) is 6.79. The van der Waals surface area contributed by atoms with Crippen molar-refractivity contribution in [2.24, 2.45) is 0 Å². The molecule has 2 nitrogen and oxygen atoms in total. The van der Waals surface area contributed by atoms with Gasteiger partial charge in [0.05, 0.1) is 11.4 Å². The third kappa shape index (κ3) is 13.7. The molecule has 0 saturated carbocycles. The Bertz CT molecular complexity index is 147. The van der Waals surface area contributed by atoms with Gasteiger partial charge < -0.3 is 0 Å². The van der Waals surface area contributed by atoms with Gasteiger partial charge in [0.2, 0.25) is 0 Å². The molecule has 0 aromatic carbocycles. The van der Waals surface area contributed by atoms with Crippen LogP contribution in [0.4, 0.5) is 0 Å². The quantitative estimate of drug-likeness (QED) is 0.625. The van der Waals surface area contributed by atoms with E-state index in [0.717, 1.165) is 11.4 Å². The number of hydrogen-bond donors (Lipinski definition) is 0. The van der Waals surface area contributed by atoms with Crippen molar-refractivity contribution in [2.75, 3.05) is 0 Å². The normalized spacial score (nSPS) is 6.57. The molecule has 1 aromatic heterocycles. The smallest absolute Gasteiger partial charge is 0.0555 e. The fraction of sp³-hybridized carbons (Fsp3) is 0.667. The summed E-state index contributed by atoms with van der Waals surface area (Å²) in [7, 11) is 0. The minimum atomic E-state index is 0.968. The second-order valence-corrected chi connectivity index (χ2v) is 1.80. The Hall–Kier alpha value is -0.920. The Morgan fingerprint density at radius 2 is 0.857 bits per heavy atom. The highest BCUT2D eigenvalue weighted by Crippen LogP contribution is 1.88. The average Bonchev–Trinajstić information content (AvgIpc) is 2.31. The van der Waals surface area contributed by atoms with Crippen LogP contribution in [0.25, 0.3) is 0 Å². The summed E-state index contributed by atoms with van der Waals surface area (Å²) in [6, 6.07) is 0. The molecule has 0 aliphatic carbocycles. The van der Waals surface area contributed by atoms with Crippen molar-refractivity contribution in [1.82, 2.24) is 9.97 Å². The van der Waals surface area contributed by atoms with Crippen LogP contribution in [0, 0.1) is 13.8 Å². The molecule has 1 rings (SSSR count). The van der Waals surface area contributed by atoms with E-state index in [0.29, 0.717) is 0 Å². The zero-order valence-corrected chi connectivity index (χ0v) is 11.0. The van der Waals surface area contributed by atoms with Gasteiger partial charge in [-0.1, -0.05) is 41.5 Å². The van der Waals surface area contributed by atoms with E-state index >= 15 is 0 Å². The fourth-order valence-corrected chi connectivity index (χ4v) is 0.457. The Labute approximate surface area is 89.8 Å². The van der Waals surface area contributed by atoms with Crippen LogP contribution in [0.1, 0.15) is 52.9 Å². The van der Waals surface area contributed by atoms with E-state index < -0.39 is 0 Å². The van der Waals surface area contributed by atoms with Crippen LogP contribution in [-0.4, -0.2) is 9.97 Å². The first kappa shape index (κ1) is 18.8. The molecule has 1 aromatic rings. The minimum absolute atomic E-state index is 0.968. The fourth-order valence-electron chi connectivity index (χ4n) is 0.457. The molecule has 0 saturated heterocycles. The van der Waals surface area contributed by atoms with Crippen molar-refractivity contribution in [3.63, 3.8) is 0 Å². The van der Waals surface area contributed by atoms with E-state index in [9.17, 15) is 0 Å². The Balaban J connectivity index is -0.000000174. The van der Waals surface area contributed by atoms with Crippen LogP contribution in [0.3, 0.4) is 0 Å². The molecule has 0 aliphatic rings. The summed E-state index contributed by atoms with van der Waals surface area (Å²) in [6.07, 6.45) is 3.52. The Morgan fingerprint density at radius 1 is 0.643 bits per heavy atom. The van der Waals surface area contributed by atoms with E-state index in [-0.39, 0.29) is 0 Å². The van der Waals surface area contributed by atoms with Gasteiger partial charge in [0.15, 0.2) is 0 Å². The Morgan fingerprint density at radius 3 is 1.00 bits per heavy atom. The zero-order chi connectivity index (χ0) is 12.0. The van der Waals surface area contributed by atoms with E-state index in [1.54, 1.807) is 12.4 Å². The van der Waals surface area contributed by atoms with Crippen LogP contribution in [-0.2, 0) is 0 Å². The lowest BCUT2D eigenvalue weighted by molar-refractivity contribution is 1.06. The zero-order valence-electron chi connectivity index (χ0n) is 11.0. The lowest BCUT2D eigenvalue weighted by Gasteiger charge is -1.88. The summed E-state index contributed by atoms with van der Waals surface area (Å²) in [5.41, 5.74) is 1.94. The largest absolute Gasteiger partial charge is 0.258 e. The molecule has 2 heteroatoms. The van der Waals surface area contributed by atoms with Gasteiger partial charge in [-0.25, -0.2) is 0 Å². The van der Waals surface area contributed by atoms with Crippen LogP contribution in [0.15, 0.2) is 12.4 Å². The lowest BCUT2D eigenvalue weighted by Crippen LogP contribution is -1.84. The predicted octanol–water partition coefficient (Wildman–Crippen LogP) is 4.17. The second-order valence-electron chi connectivity index (χ2n) is 1.80. The number of hydrogen-bond acceptors (Lipinski definition) is 2. The van der Waals surface area contributed by atoms with Gasteiger partial charge in [-0.3, -0.25) is 9.97 Å². The van der Waals surface area contributed by atoms with Crippen molar-refractivity contribution >= 4 is 0 Å². The first-order valence-corrected chi connectivity index (χ1v) is 5.54. The molecule has 0 radical (unpaired) electrons. The molecule has 84 valence electrons. The summed E-state index contributed by atoms with van der Waals surface area (Å²) in [6.45, 7) is 15.8. The highest BCUT2D eigenvalue weighted by atomic mass is 14.8. The molecule has 0 unspecified atom stereocenters. The van der Waals surface area contributed by atoms with Gasteiger partial charge in [0.1, 0.15) is 0 Å². The topological polar surface area (TPSA) is 25.8 Å². The maximum Gasteiger partial charge on any atom is 0.0555 e. The maximum absolute atomic E-state index is 4.02. The maximum atomic E-state index is 4.02. The molecule has 0 amide bonds. The summed E-state index contributed by atoms with van der Waals surface area (Å²) in [5.74, 6) is 0. The van der Waals surface area contributed by atoms with Crippen molar-refractivity contribution < 1.29 is 0 Å². The van der Waals surface area contributed by atoms with Crippen LogP contribution < -0.4 is 0 Å². The molecule has 0 aliphatic heterocycles. The summed E-state index contributed by atoms with van der Waals surface area (Å²) in [4.78, 5) is 8.03. The van der Waals surface area contributed by atoms with Crippen molar-refractivity contribution in [1.29, 1.82) is 0 Å². The second kappa shape index (κ2) is 18.0. The first-order valence-electron chi connectivity index (χ1n) is 5.54. The monoisotopic (exact) mass is 198 g/mol. The van der Waals surface area contributed by atoms with Crippen LogP contribution >= 0.6 is 0 Å². The number of rotatable bonds is 0. The molecular weight excluding hydrogens is 172 g/mol. The highest BCUT2D eigenvalue weighted by molar-refractivity contribution is 4.97.